The van der Waals surface area contributed by atoms with E-state index in [0.717, 1.165) is 44.8 Å². The van der Waals surface area contributed by atoms with Crippen LogP contribution in [0.3, 0.4) is 0 Å². The molecule has 1 atom stereocenters. The highest BCUT2D eigenvalue weighted by atomic mass is 19.4. The first-order valence-electron chi connectivity index (χ1n) is 10.2. The minimum absolute atomic E-state index is 0.336. The molecule has 0 amide bonds. The summed E-state index contributed by atoms with van der Waals surface area (Å²) in [5, 5.41) is 14.2. The zero-order valence-electron chi connectivity index (χ0n) is 18.3. The maximum absolute atomic E-state index is 10.6. The van der Waals surface area contributed by atoms with E-state index in [-0.39, 0.29) is 0 Å². The van der Waals surface area contributed by atoms with Crippen molar-refractivity contribution < 1.29 is 50.9 Å². The number of hydrogen-bond acceptors (Lipinski definition) is 5. The second-order valence-electron chi connectivity index (χ2n) is 7.18. The summed E-state index contributed by atoms with van der Waals surface area (Å²) in [7, 11) is 0. The second-order valence-corrected chi connectivity index (χ2v) is 7.18. The fourth-order valence-corrected chi connectivity index (χ4v) is 2.79. The van der Waals surface area contributed by atoms with Crippen LogP contribution >= 0.6 is 0 Å². The van der Waals surface area contributed by atoms with Crippen molar-refractivity contribution in [3.63, 3.8) is 0 Å². The highest BCUT2D eigenvalue weighted by molar-refractivity contribution is 5.73. The van der Waals surface area contributed by atoms with Crippen LogP contribution in [0.4, 0.5) is 26.3 Å². The number of aliphatic carboxylic acids is 2. The molecular formula is C22H24F6N2O5. The van der Waals surface area contributed by atoms with E-state index in [4.69, 9.17) is 24.5 Å². The number of pyridine rings is 1. The second kappa shape index (κ2) is 14.3. The van der Waals surface area contributed by atoms with E-state index in [2.05, 4.69) is 52.3 Å². The summed E-state index contributed by atoms with van der Waals surface area (Å²) in [6.45, 7) is 3.75. The van der Waals surface area contributed by atoms with Crippen LogP contribution in [0.2, 0.25) is 0 Å². The number of alkyl halides is 6. The predicted octanol–water partition coefficient (Wildman–Crippen LogP) is 4.18. The van der Waals surface area contributed by atoms with Crippen molar-refractivity contribution in [2.75, 3.05) is 19.7 Å². The van der Waals surface area contributed by atoms with E-state index in [1.54, 1.807) is 0 Å². The Morgan fingerprint density at radius 1 is 0.943 bits per heavy atom. The summed E-state index contributed by atoms with van der Waals surface area (Å²) in [5.41, 5.74) is 2.53. The van der Waals surface area contributed by atoms with Crippen molar-refractivity contribution in [2.24, 2.45) is 0 Å². The quantitative estimate of drug-likeness (QED) is 0.582. The number of benzene rings is 1. The summed E-state index contributed by atoms with van der Waals surface area (Å²) >= 11 is 0. The van der Waals surface area contributed by atoms with Gasteiger partial charge in [0.25, 0.3) is 0 Å². The Bertz CT molecular complexity index is 871. The molecule has 1 aliphatic heterocycles. The molecule has 2 N–H and O–H groups in total. The Morgan fingerprint density at radius 2 is 1.49 bits per heavy atom. The predicted molar refractivity (Wildman–Crippen MR) is 111 cm³/mol. The molecule has 0 aliphatic carbocycles. The van der Waals surface area contributed by atoms with Crippen LogP contribution in [0.25, 0.3) is 0 Å². The lowest BCUT2D eigenvalue weighted by molar-refractivity contribution is -0.193. The summed E-state index contributed by atoms with van der Waals surface area (Å²) in [6.07, 6.45) is -5.79. The Morgan fingerprint density at radius 3 is 1.97 bits per heavy atom. The lowest BCUT2D eigenvalue weighted by Gasteiger charge is -2.32. The number of rotatable bonds is 5. The normalized spacial score (nSPS) is 16.2. The number of halogens is 6. The third kappa shape index (κ3) is 13.3. The van der Waals surface area contributed by atoms with Gasteiger partial charge in [0, 0.05) is 25.8 Å². The highest BCUT2D eigenvalue weighted by Gasteiger charge is 2.38. The number of carbonyl (C=O) groups is 2. The lowest BCUT2D eigenvalue weighted by Crippen LogP contribution is -2.42. The molecule has 0 saturated carbocycles. The van der Waals surface area contributed by atoms with E-state index in [1.165, 1.54) is 5.56 Å². The molecule has 7 nitrogen and oxygen atoms in total. The maximum Gasteiger partial charge on any atom is 0.490 e. The van der Waals surface area contributed by atoms with E-state index < -0.39 is 24.3 Å². The van der Waals surface area contributed by atoms with Crippen LogP contribution in [0.15, 0.2) is 54.7 Å². The largest absolute Gasteiger partial charge is 0.490 e. The number of hydrogen-bond donors (Lipinski definition) is 2. The first-order valence-corrected chi connectivity index (χ1v) is 10.2. The number of aryl methyl sites for hydroxylation is 1. The summed E-state index contributed by atoms with van der Waals surface area (Å²) in [4.78, 5) is 24.6. The topological polar surface area (TPSA) is 100.0 Å². The molecule has 0 bridgehead atoms. The molecule has 1 unspecified atom stereocenters. The molecule has 1 aliphatic rings. The minimum atomic E-state index is -5.08. The smallest absolute Gasteiger partial charge is 0.475 e. The molecule has 1 aromatic heterocycles. The van der Waals surface area contributed by atoms with Gasteiger partial charge in [0.15, 0.2) is 0 Å². The van der Waals surface area contributed by atoms with Crippen LogP contribution in [-0.2, 0) is 27.3 Å². The van der Waals surface area contributed by atoms with Crippen molar-refractivity contribution >= 4 is 11.9 Å². The lowest BCUT2D eigenvalue weighted by atomic mass is 10.1. The Balaban J connectivity index is 0.000000362. The molecule has 1 saturated heterocycles. The number of morpholine rings is 1. The van der Waals surface area contributed by atoms with Gasteiger partial charge in [-0.3, -0.25) is 9.88 Å². The molecule has 3 rings (SSSR count). The first-order chi connectivity index (χ1) is 16.3. The SMILES string of the molecule is O=C(O)C(F)(F)F.O=C(O)C(F)(F)F.c1ccc(CCC2CN(Cc3ccccn3)CCO2)cc1. The maximum atomic E-state index is 10.6. The molecule has 1 fully saturated rings. The Kier molecular flexibility index (Phi) is 12.2. The molecule has 35 heavy (non-hydrogen) atoms. The number of nitrogens with zero attached hydrogens (tertiary/aromatic N) is 2. The van der Waals surface area contributed by atoms with Crippen molar-refractivity contribution in [3.05, 3.63) is 66.0 Å². The average molecular weight is 510 g/mol. The van der Waals surface area contributed by atoms with Crippen molar-refractivity contribution in [1.29, 1.82) is 0 Å². The van der Waals surface area contributed by atoms with Crippen molar-refractivity contribution in [3.8, 4) is 0 Å². The highest BCUT2D eigenvalue weighted by Crippen LogP contribution is 2.15. The molecule has 0 radical (unpaired) electrons. The molecule has 13 heteroatoms. The van der Waals surface area contributed by atoms with Gasteiger partial charge in [-0.1, -0.05) is 36.4 Å². The van der Waals surface area contributed by atoms with Crippen LogP contribution < -0.4 is 0 Å². The summed E-state index contributed by atoms with van der Waals surface area (Å²) in [6, 6.07) is 16.8. The van der Waals surface area contributed by atoms with Gasteiger partial charge in [0.1, 0.15) is 0 Å². The number of carboxylic acid groups (broad SMARTS) is 2. The standard InChI is InChI=1S/C18H22N2O.2C2HF3O2/c1-2-6-16(7-3-1)9-10-18-15-20(12-13-21-18)14-17-8-4-5-11-19-17;2*3-2(4,5)1(6)7/h1-8,11,18H,9-10,12-15H2;2*(H,6,7). The van der Waals surface area contributed by atoms with Gasteiger partial charge in [-0.15, -0.1) is 0 Å². The third-order valence-corrected chi connectivity index (χ3v) is 4.42. The van der Waals surface area contributed by atoms with Gasteiger partial charge in [-0.2, -0.15) is 26.3 Å². The van der Waals surface area contributed by atoms with Crippen LogP contribution in [-0.4, -0.2) is 70.2 Å². The van der Waals surface area contributed by atoms with Crippen LogP contribution in [0.5, 0.6) is 0 Å². The summed E-state index contributed by atoms with van der Waals surface area (Å²) < 4.78 is 69.4. The van der Waals surface area contributed by atoms with E-state index >= 15 is 0 Å². The zero-order valence-corrected chi connectivity index (χ0v) is 18.3. The van der Waals surface area contributed by atoms with Gasteiger partial charge in [0.2, 0.25) is 0 Å². The summed E-state index contributed by atoms with van der Waals surface area (Å²) in [5.74, 6) is -5.51. The number of aromatic nitrogens is 1. The number of carboxylic acids is 2. The van der Waals surface area contributed by atoms with E-state index in [1.807, 2.05) is 12.3 Å². The van der Waals surface area contributed by atoms with Gasteiger partial charge in [0.05, 0.1) is 18.4 Å². The van der Waals surface area contributed by atoms with Gasteiger partial charge >= 0.3 is 24.3 Å². The van der Waals surface area contributed by atoms with E-state index in [0.29, 0.717) is 6.10 Å². The van der Waals surface area contributed by atoms with Gasteiger partial charge in [-0.05, 0) is 30.5 Å². The van der Waals surface area contributed by atoms with Crippen molar-refractivity contribution in [2.45, 2.75) is 37.8 Å². The molecular weight excluding hydrogens is 486 g/mol. The van der Waals surface area contributed by atoms with Crippen LogP contribution in [0.1, 0.15) is 17.7 Å². The Hall–Kier alpha value is -3.19. The Labute approximate surface area is 197 Å². The van der Waals surface area contributed by atoms with E-state index in [9.17, 15) is 26.3 Å². The van der Waals surface area contributed by atoms with Gasteiger partial charge in [-0.25, -0.2) is 9.59 Å². The average Bonchev–Trinajstić information content (AvgIpc) is 2.79. The van der Waals surface area contributed by atoms with Crippen molar-refractivity contribution in [1.82, 2.24) is 9.88 Å². The molecule has 2 aromatic rings. The zero-order chi connectivity index (χ0) is 26.5. The fraction of sp³-hybridized carbons (Fsp3) is 0.409. The fourth-order valence-electron chi connectivity index (χ4n) is 2.79. The number of ether oxygens (including phenoxy) is 1. The third-order valence-electron chi connectivity index (χ3n) is 4.42. The first kappa shape index (κ1) is 29.8. The monoisotopic (exact) mass is 510 g/mol. The minimum Gasteiger partial charge on any atom is -0.475 e. The molecule has 2 heterocycles. The molecule has 1 aromatic carbocycles. The molecule has 0 spiro atoms. The van der Waals surface area contributed by atoms with Crippen LogP contribution in [0, 0.1) is 0 Å². The molecule has 194 valence electrons. The van der Waals surface area contributed by atoms with Gasteiger partial charge < -0.3 is 14.9 Å².